The highest BCUT2D eigenvalue weighted by atomic mass is 35.5. The second-order valence-electron chi connectivity index (χ2n) is 4.00. The van der Waals surface area contributed by atoms with Crippen LogP contribution in [0.4, 0.5) is 0 Å². The highest BCUT2D eigenvalue weighted by molar-refractivity contribution is 6.30. The Balaban J connectivity index is 1.86. The van der Waals surface area contributed by atoms with Crippen molar-refractivity contribution in [2.45, 2.75) is 6.42 Å². The van der Waals surface area contributed by atoms with Crippen molar-refractivity contribution in [3.8, 4) is 0 Å². The van der Waals surface area contributed by atoms with E-state index in [-0.39, 0.29) is 5.91 Å². The van der Waals surface area contributed by atoms with Gasteiger partial charge in [-0.3, -0.25) is 4.79 Å². The number of carbonyl (C=O) groups is 1. The second-order valence-corrected chi connectivity index (χ2v) is 4.82. The van der Waals surface area contributed by atoms with E-state index in [1.807, 2.05) is 24.3 Å². The van der Waals surface area contributed by atoms with Gasteiger partial charge in [0.05, 0.1) is 0 Å². The number of benzene rings is 1. The SMILES string of the molecule is O=C(NCCc1ccc(Cl)cc1)c1ccnc(Cl)c1. The lowest BCUT2D eigenvalue weighted by atomic mass is 10.1. The van der Waals surface area contributed by atoms with Crippen molar-refractivity contribution in [1.29, 1.82) is 0 Å². The van der Waals surface area contributed by atoms with Gasteiger partial charge in [-0.25, -0.2) is 4.98 Å². The predicted molar refractivity (Wildman–Crippen MR) is 76.7 cm³/mol. The molecule has 1 aromatic heterocycles. The Bertz CT molecular complexity index is 570. The molecule has 0 spiro atoms. The fourth-order valence-electron chi connectivity index (χ4n) is 1.62. The van der Waals surface area contributed by atoms with E-state index in [2.05, 4.69) is 10.3 Å². The van der Waals surface area contributed by atoms with Gasteiger partial charge < -0.3 is 5.32 Å². The molecule has 3 nitrogen and oxygen atoms in total. The number of nitrogens with zero attached hydrogens (tertiary/aromatic N) is 1. The van der Waals surface area contributed by atoms with Gasteiger partial charge in [-0.1, -0.05) is 35.3 Å². The maximum absolute atomic E-state index is 11.8. The number of aromatic nitrogens is 1. The molecule has 0 aliphatic carbocycles. The Kier molecular flexibility index (Phi) is 4.77. The highest BCUT2D eigenvalue weighted by Gasteiger charge is 2.05. The number of carbonyl (C=O) groups excluding carboxylic acids is 1. The third kappa shape index (κ3) is 4.23. The number of hydrogen-bond donors (Lipinski definition) is 1. The average molecular weight is 295 g/mol. The molecular weight excluding hydrogens is 283 g/mol. The third-order valence-corrected chi connectivity index (χ3v) is 3.06. The van der Waals surface area contributed by atoms with E-state index in [1.165, 1.54) is 6.20 Å². The van der Waals surface area contributed by atoms with Crippen molar-refractivity contribution in [2.24, 2.45) is 0 Å². The summed E-state index contributed by atoms with van der Waals surface area (Å²) in [6.45, 7) is 0.556. The van der Waals surface area contributed by atoms with E-state index in [0.717, 1.165) is 12.0 Å². The number of pyridine rings is 1. The van der Waals surface area contributed by atoms with Crippen molar-refractivity contribution in [3.05, 3.63) is 63.9 Å². The van der Waals surface area contributed by atoms with Crippen LogP contribution < -0.4 is 5.32 Å². The normalized spacial score (nSPS) is 10.2. The Morgan fingerprint density at radius 3 is 2.58 bits per heavy atom. The van der Waals surface area contributed by atoms with Crippen LogP contribution in [0.25, 0.3) is 0 Å². The first-order valence-corrected chi connectivity index (χ1v) is 6.55. The standard InChI is InChI=1S/C14H12Cl2N2O/c15-12-3-1-10(2-4-12)5-7-18-14(19)11-6-8-17-13(16)9-11/h1-4,6,8-9H,5,7H2,(H,18,19). The molecule has 5 heteroatoms. The van der Waals surface area contributed by atoms with E-state index in [9.17, 15) is 4.79 Å². The van der Waals surface area contributed by atoms with Crippen LogP contribution in [-0.2, 0) is 6.42 Å². The lowest BCUT2D eigenvalue weighted by molar-refractivity contribution is 0.0954. The van der Waals surface area contributed by atoms with Crippen LogP contribution in [0.1, 0.15) is 15.9 Å². The van der Waals surface area contributed by atoms with Crippen molar-refractivity contribution in [3.63, 3.8) is 0 Å². The van der Waals surface area contributed by atoms with Gasteiger partial charge in [-0.2, -0.15) is 0 Å². The van der Waals surface area contributed by atoms with Gasteiger partial charge in [0, 0.05) is 23.3 Å². The number of hydrogen-bond acceptors (Lipinski definition) is 2. The fraction of sp³-hybridized carbons (Fsp3) is 0.143. The van der Waals surface area contributed by atoms with Crippen LogP contribution >= 0.6 is 23.2 Å². The maximum Gasteiger partial charge on any atom is 0.251 e. The summed E-state index contributed by atoms with van der Waals surface area (Å²) in [5.74, 6) is -0.154. The molecule has 1 N–H and O–H groups in total. The summed E-state index contributed by atoms with van der Waals surface area (Å²) < 4.78 is 0. The molecule has 0 aliphatic heterocycles. The molecule has 2 aromatic rings. The Morgan fingerprint density at radius 1 is 1.16 bits per heavy atom. The summed E-state index contributed by atoms with van der Waals surface area (Å²) in [4.78, 5) is 15.7. The molecule has 2 rings (SSSR count). The molecule has 19 heavy (non-hydrogen) atoms. The monoisotopic (exact) mass is 294 g/mol. The van der Waals surface area contributed by atoms with Gasteiger partial charge in [0.15, 0.2) is 0 Å². The van der Waals surface area contributed by atoms with Gasteiger partial charge in [0.25, 0.3) is 5.91 Å². The van der Waals surface area contributed by atoms with Crippen LogP contribution in [0.5, 0.6) is 0 Å². The third-order valence-electron chi connectivity index (χ3n) is 2.60. The minimum atomic E-state index is -0.154. The Morgan fingerprint density at radius 2 is 1.89 bits per heavy atom. The van der Waals surface area contributed by atoms with Crippen LogP contribution in [0.3, 0.4) is 0 Å². The van der Waals surface area contributed by atoms with Crippen molar-refractivity contribution in [2.75, 3.05) is 6.54 Å². The number of nitrogens with one attached hydrogen (secondary N) is 1. The average Bonchev–Trinajstić information content (AvgIpc) is 2.41. The Labute approximate surface area is 121 Å². The fourth-order valence-corrected chi connectivity index (χ4v) is 1.92. The van der Waals surface area contributed by atoms with Crippen LogP contribution in [-0.4, -0.2) is 17.4 Å². The van der Waals surface area contributed by atoms with Gasteiger partial charge >= 0.3 is 0 Å². The van der Waals surface area contributed by atoms with Crippen LogP contribution in [0.15, 0.2) is 42.6 Å². The molecular formula is C14H12Cl2N2O. The maximum atomic E-state index is 11.8. The summed E-state index contributed by atoms with van der Waals surface area (Å²) in [6.07, 6.45) is 2.26. The summed E-state index contributed by atoms with van der Waals surface area (Å²) in [5.41, 5.74) is 1.63. The van der Waals surface area contributed by atoms with E-state index < -0.39 is 0 Å². The zero-order valence-electron chi connectivity index (χ0n) is 10.1. The molecule has 0 atom stereocenters. The zero-order valence-corrected chi connectivity index (χ0v) is 11.6. The number of rotatable bonds is 4. The lowest BCUT2D eigenvalue weighted by Gasteiger charge is -2.05. The first-order chi connectivity index (χ1) is 9.15. The summed E-state index contributed by atoms with van der Waals surface area (Å²) in [7, 11) is 0. The molecule has 1 aromatic carbocycles. The highest BCUT2D eigenvalue weighted by Crippen LogP contribution is 2.10. The molecule has 0 aliphatic rings. The van der Waals surface area contributed by atoms with Gasteiger partial charge in [-0.05, 0) is 36.2 Å². The molecule has 1 amide bonds. The molecule has 98 valence electrons. The molecule has 0 radical (unpaired) electrons. The first-order valence-electron chi connectivity index (χ1n) is 5.79. The predicted octanol–water partition coefficient (Wildman–Crippen LogP) is 3.36. The summed E-state index contributed by atoms with van der Waals surface area (Å²) in [6, 6.07) is 10.7. The molecule has 0 fully saturated rings. The smallest absolute Gasteiger partial charge is 0.251 e. The Hall–Kier alpha value is -1.58. The molecule has 0 bridgehead atoms. The van der Waals surface area contributed by atoms with Crippen molar-refractivity contribution in [1.82, 2.24) is 10.3 Å². The number of halogens is 2. The van der Waals surface area contributed by atoms with Gasteiger partial charge in [0.2, 0.25) is 0 Å². The first kappa shape index (κ1) is 13.8. The van der Waals surface area contributed by atoms with E-state index >= 15 is 0 Å². The lowest BCUT2D eigenvalue weighted by Crippen LogP contribution is -2.25. The molecule has 0 saturated carbocycles. The minimum Gasteiger partial charge on any atom is -0.352 e. The molecule has 0 unspecified atom stereocenters. The van der Waals surface area contributed by atoms with Crippen LogP contribution in [0.2, 0.25) is 10.2 Å². The quantitative estimate of drug-likeness (QED) is 0.879. The van der Waals surface area contributed by atoms with E-state index in [4.69, 9.17) is 23.2 Å². The summed E-state index contributed by atoms with van der Waals surface area (Å²) in [5, 5.41) is 3.85. The van der Waals surface area contributed by atoms with Crippen molar-refractivity contribution >= 4 is 29.1 Å². The van der Waals surface area contributed by atoms with E-state index in [0.29, 0.717) is 22.3 Å². The van der Waals surface area contributed by atoms with E-state index in [1.54, 1.807) is 12.1 Å². The largest absolute Gasteiger partial charge is 0.352 e. The van der Waals surface area contributed by atoms with Crippen LogP contribution in [0, 0.1) is 0 Å². The minimum absolute atomic E-state index is 0.154. The number of amides is 1. The molecule has 0 saturated heterocycles. The molecule has 1 heterocycles. The van der Waals surface area contributed by atoms with Crippen molar-refractivity contribution < 1.29 is 4.79 Å². The van der Waals surface area contributed by atoms with Gasteiger partial charge in [0.1, 0.15) is 5.15 Å². The summed E-state index contributed by atoms with van der Waals surface area (Å²) >= 11 is 11.5. The topological polar surface area (TPSA) is 42.0 Å². The second kappa shape index (κ2) is 6.55. The van der Waals surface area contributed by atoms with Gasteiger partial charge in [-0.15, -0.1) is 0 Å². The zero-order chi connectivity index (χ0) is 13.7.